The highest BCUT2D eigenvalue weighted by molar-refractivity contribution is 7.89. The fraction of sp³-hybridized carbons (Fsp3) is 0.625. The van der Waals surface area contributed by atoms with Crippen LogP contribution in [0, 0.1) is 6.92 Å². The van der Waals surface area contributed by atoms with Gasteiger partial charge in [0.05, 0.1) is 13.2 Å². The van der Waals surface area contributed by atoms with Gasteiger partial charge in [0, 0.05) is 13.7 Å². The summed E-state index contributed by atoms with van der Waals surface area (Å²) < 4.78 is 38.1. The third kappa shape index (κ3) is 4.97. The Morgan fingerprint density at radius 1 is 1.23 bits per heavy atom. The summed E-state index contributed by atoms with van der Waals surface area (Å²) in [6.07, 6.45) is 0.821. The van der Waals surface area contributed by atoms with E-state index in [2.05, 4.69) is 4.72 Å². The van der Waals surface area contributed by atoms with Crippen LogP contribution in [0.3, 0.4) is 0 Å². The molecule has 0 spiro atoms. The van der Waals surface area contributed by atoms with Gasteiger partial charge in [0.1, 0.15) is 10.6 Å². The number of rotatable bonds is 9. The molecule has 0 fully saturated rings. The number of ether oxygens (including phenoxy) is 2. The quantitative estimate of drug-likeness (QED) is 0.708. The zero-order valence-electron chi connectivity index (χ0n) is 14.1. The summed E-state index contributed by atoms with van der Waals surface area (Å²) in [5.41, 5.74) is 2.05. The van der Waals surface area contributed by atoms with Crippen LogP contribution in [0.4, 0.5) is 0 Å². The molecule has 0 aromatic heterocycles. The highest BCUT2D eigenvalue weighted by atomic mass is 32.2. The number of hydrogen-bond donors (Lipinski definition) is 1. The Hall–Kier alpha value is -1.11. The molecule has 1 rings (SSSR count). The first-order valence-electron chi connectivity index (χ1n) is 7.59. The molecule has 1 N–H and O–H groups in total. The van der Waals surface area contributed by atoms with Gasteiger partial charge in [-0.1, -0.05) is 20.8 Å². The molecule has 0 radical (unpaired) electrons. The van der Waals surface area contributed by atoms with E-state index in [4.69, 9.17) is 9.47 Å². The zero-order valence-corrected chi connectivity index (χ0v) is 14.9. The maximum atomic E-state index is 12.5. The van der Waals surface area contributed by atoms with Crippen LogP contribution >= 0.6 is 0 Å². The highest BCUT2D eigenvalue weighted by Gasteiger charge is 2.22. The Morgan fingerprint density at radius 3 is 2.45 bits per heavy atom. The average Bonchev–Trinajstić information content (AvgIpc) is 2.44. The third-order valence-corrected chi connectivity index (χ3v) is 4.79. The van der Waals surface area contributed by atoms with Crippen molar-refractivity contribution in [3.63, 3.8) is 0 Å². The minimum atomic E-state index is -3.62. The van der Waals surface area contributed by atoms with E-state index in [1.807, 2.05) is 33.8 Å². The van der Waals surface area contributed by atoms with E-state index < -0.39 is 10.0 Å². The molecule has 1 aromatic carbocycles. The van der Waals surface area contributed by atoms with Crippen molar-refractivity contribution in [2.24, 2.45) is 0 Å². The van der Waals surface area contributed by atoms with Crippen LogP contribution in [0.25, 0.3) is 0 Å². The molecule has 6 heteroatoms. The Labute approximate surface area is 134 Å². The summed E-state index contributed by atoms with van der Waals surface area (Å²) in [4.78, 5) is 0.200. The van der Waals surface area contributed by atoms with Crippen LogP contribution in [0.5, 0.6) is 5.75 Å². The van der Waals surface area contributed by atoms with Crippen molar-refractivity contribution in [3.05, 3.63) is 23.3 Å². The van der Waals surface area contributed by atoms with Crippen molar-refractivity contribution in [3.8, 4) is 5.75 Å². The summed E-state index contributed by atoms with van der Waals surface area (Å²) in [6, 6.07) is 3.54. The zero-order chi connectivity index (χ0) is 16.8. The lowest BCUT2D eigenvalue weighted by molar-refractivity contribution is 0.204. The topological polar surface area (TPSA) is 64.6 Å². The SMILES string of the molecule is CCCOc1cc(C)c(C(C)C)cc1S(=O)(=O)NCCOC. The smallest absolute Gasteiger partial charge is 0.244 e. The number of methoxy groups -OCH3 is 1. The molecule has 0 unspecified atom stereocenters. The Morgan fingerprint density at radius 2 is 1.91 bits per heavy atom. The molecule has 0 aliphatic carbocycles. The second-order valence-corrected chi connectivity index (χ2v) is 7.28. The monoisotopic (exact) mass is 329 g/mol. The third-order valence-electron chi connectivity index (χ3n) is 3.30. The molecule has 1 aromatic rings. The van der Waals surface area contributed by atoms with E-state index in [-0.39, 0.29) is 17.4 Å². The maximum absolute atomic E-state index is 12.5. The molecule has 0 atom stereocenters. The predicted octanol–water partition coefficient (Wildman–Crippen LogP) is 2.83. The van der Waals surface area contributed by atoms with Gasteiger partial charge >= 0.3 is 0 Å². The van der Waals surface area contributed by atoms with Gasteiger partial charge in [0.15, 0.2) is 0 Å². The molecule has 0 aliphatic rings. The van der Waals surface area contributed by atoms with Crippen molar-refractivity contribution >= 4 is 10.0 Å². The predicted molar refractivity (Wildman–Crippen MR) is 88.1 cm³/mol. The fourth-order valence-electron chi connectivity index (χ4n) is 2.19. The summed E-state index contributed by atoms with van der Waals surface area (Å²) in [6.45, 7) is 9.10. The van der Waals surface area contributed by atoms with Crippen molar-refractivity contribution in [2.45, 2.75) is 44.9 Å². The largest absolute Gasteiger partial charge is 0.492 e. The second kappa shape index (κ2) is 8.50. The molecule has 126 valence electrons. The first-order valence-corrected chi connectivity index (χ1v) is 9.07. The number of aryl methyl sites for hydroxylation is 1. The van der Waals surface area contributed by atoms with Gasteiger partial charge in [-0.05, 0) is 42.5 Å². The number of benzene rings is 1. The Kier molecular flexibility index (Phi) is 7.32. The first kappa shape index (κ1) is 18.9. The highest BCUT2D eigenvalue weighted by Crippen LogP contribution is 2.31. The standard InChI is InChI=1S/C16H27NO4S/c1-6-8-21-15-10-13(4)14(12(2)3)11-16(15)22(18,19)17-7-9-20-5/h10-12,17H,6-9H2,1-5H3. The van der Waals surface area contributed by atoms with Gasteiger partial charge in [0.25, 0.3) is 0 Å². The van der Waals surface area contributed by atoms with Crippen LogP contribution in [0.15, 0.2) is 17.0 Å². The molecule has 0 saturated heterocycles. The van der Waals surface area contributed by atoms with Gasteiger partial charge in [-0.25, -0.2) is 13.1 Å². The van der Waals surface area contributed by atoms with Crippen LogP contribution in [-0.2, 0) is 14.8 Å². The minimum absolute atomic E-state index is 0.200. The van der Waals surface area contributed by atoms with Crippen molar-refractivity contribution in [1.82, 2.24) is 4.72 Å². The van der Waals surface area contributed by atoms with Gasteiger partial charge in [-0.2, -0.15) is 0 Å². The second-order valence-electron chi connectivity index (χ2n) is 5.55. The molecule has 0 amide bonds. The average molecular weight is 329 g/mol. The van der Waals surface area contributed by atoms with Crippen LogP contribution in [0.1, 0.15) is 44.2 Å². The van der Waals surface area contributed by atoms with E-state index in [1.54, 1.807) is 6.07 Å². The van der Waals surface area contributed by atoms with Crippen molar-refractivity contribution in [1.29, 1.82) is 0 Å². The van der Waals surface area contributed by atoms with Crippen molar-refractivity contribution in [2.75, 3.05) is 26.9 Å². The Bertz CT molecular complexity index is 582. The van der Waals surface area contributed by atoms with Gasteiger partial charge in [-0.15, -0.1) is 0 Å². The minimum Gasteiger partial charge on any atom is -0.492 e. The van der Waals surface area contributed by atoms with Gasteiger partial charge in [0.2, 0.25) is 10.0 Å². The lowest BCUT2D eigenvalue weighted by Crippen LogP contribution is -2.28. The van der Waals surface area contributed by atoms with E-state index in [0.29, 0.717) is 19.0 Å². The first-order chi connectivity index (χ1) is 10.3. The lowest BCUT2D eigenvalue weighted by atomic mass is 9.98. The van der Waals surface area contributed by atoms with Crippen LogP contribution in [0.2, 0.25) is 0 Å². The molecule has 0 heterocycles. The summed E-state index contributed by atoms with van der Waals surface area (Å²) in [5.74, 6) is 0.654. The maximum Gasteiger partial charge on any atom is 0.244 e. The molecule has 22 heavy (non-hydrogen) atoms. The molecular formula is C16H27NO4S. The fourth-order valence-corrected chi connectivity index (χ4v) is 3.36. The number of nitrogens with one attached hydrogen (secondary N) is 1. The summed E-state index contributed by atoms with van der Waals surface area (Å²) >= 11 is 0. The normalized spacial score (nSPS) is 11.9. The summed E-state index contributed by atoms with van der Waals surface area (Å²) in [5, 5.41) is 0. The summed E-state index contributed by atoms with van der Waals surface area (Å²) in [7, 11) is -2.09. The van der Waals surface area contributed by atoms with Gasteiger partial charge in [-0.3, -0.25) is 0 Å². The number of sulfonamides is 1. The molecular weight excluding hydrogens is 302 g/mol. The number of hydrogen-bond acceptors (Lipinski definition) is 4. The van der Waals surface area contributed by atoms with E-state index >= 15 is 0 Å². The molecule has 0 saturated carbocycles. The van der Waals surface area contributed by atoms with Crippen LogP contribution in [-0.4, -0.2) is 35.3 Å². The van der Waals surface area contributed by atoms with E-state index in [0.717, 1.165) is 17.5 Å². The van der Waals surface area contributed by atoms with Crippen molar-refractivity contribution < 1.29 is 17.9 Å². The van der Waals surface area contributed by atoms with Gasteiger partial charge < -0.3 is 9.47 Å². The van der Waals surface area contributed by atoms with Crippen LogP contribution < -0.4 is 9.46 Å². The Balaban J connectivity index is 3.25. The molecule has 0 bridgehead atoms. The molecule has 0 aliphatic heterocycles. The lowest BCUT2D eigenvalue weighted by Gasteiger charge is -2.17. The van der Waals surface area contributed by atoms with E-state index in [1.165, 1.54) is 7.11 Å². The molecule has 5 nitrogen and oxygen atoms in total. The van der Waals surface area contributed by atoms with E-state index in [9.17, 15) is 8.42 Å².